The van der Waals surface area contributed by atoms with Crippen molar-refractivity contribution in [3.05, 3.63) is 131 Å². The fraction of sp³-hybridized carbons (Fsp3) is 0.138. The summed E-state index contributed by atoms with van der Waals surface area (Å²) in [5, 5.41) is 3.06. The molecule has 0 bridgehead atoms. The Balaban J connectivity index is 1.66. The van der Waals surface area contributed by atoms with Gasteiger partial charge in [0.25, 0.3) is 10.0 Å². The molecule has 0 aliphatic heterocycles. The molecule has 0 radical (unpaired) electrons. The first-order chi connectivity index (χ1) is 16.8. The molecule has 1 atom stereocenters. The minimum atomic E-state index is -3.96. The van der Waals surface area contributed by atoms with Crippen molar-refractivity contribution in [2.45, 2.75) is 24.8 Å². The predicted octanol–water partition coefficient (Wildman–Crippen LogP) is 5.40. The van der Waals surface area contributed by atoms with Crippen LogP contribution in [0, 0.1) is 13.8 Å². The number of hydrogen-bond donors (Lipinski definition) is 1. The molecule has 5 nitrogen and oxygen atoms in total. The Hall–Kier alpha value is -3.90. The Bertz CT molecular complexity index is 1370. The Morgan fingerprint density at radius 1 is 0.714 bits per heavy atom. The fourth-order valence-corrected chi connectivity index (χ4v) is 5.27. The Labute approximate surface area is 207 Å². The van der Waals surface area contributed by atoms with Gasteiger partial charge in [0.15, 0.2) is 0 Å². The third-order valence-corrected chi connectivity index (χ3v) is 7.58. The second-order valence-electron chi connectivity index (χ2n) is 8.48. The molecule has 4 aromatic rings. The van der Waals surface area contributed by atoms with E-state index in [1.165, 1.54) is 0 Å². The third-order valence-electron chi connectivity index (χ3n) is 5.79. The maximum Gasteiger partial charge on any atom is 0.264 e. The predicted molar refractivity (Wildman–Crippen MR) is 140 cm³/mol. The molecule has 0 saturated heterocycles. The molecule has 178 valence electrons. The molecule has 0 unspecified atom stereocenters. The van der Waals surface area contributed by atoms with E-state index in [2.05, 4.69) is 5.32 Å². The maximum atomic E-state index is 13.6. The van der Waals surface area contributed by atoms with Crippen molar-refractivity contribution in [3.8, 4) is 0 Å². The number of hydrogen-bond acceptors (Lipinski definition) is 3. The Morgan fingerprint density at radius 2 is 1.20 bits per heavy atom. The Kier molecular flexibility index (Phi) is 7.32. The highest BCUT2D eigenvalue weighted by Crippen LogP contribution is 2.25. The van der Waals surface area contributed by atoms with E-state index in [0.29, 0.717) is 5.69 Å². The van der Waals surface area contributed by atoms with Crippen molar-refractivity contribution in [1.82, 2.24) is 5.32 Å². The Morgan fingerprint density at radius 3 is 1.77 bits per heavy atom. The molecular formula is C29H28N2O3S. The van der Waals surface area contributed by atoms with Crippen molar-refractivity contribution < 1.29 is 13.2 Å². The number of anilines is 1. The van der Waals surface area contributed by atoms with E-state index in [4.69, 9.17) is 0 Å². The number of aryl methyl sites for hydroxylation is 2. The lowest BCUT2D eigenvalue weighted by molar-refractivity contribution is -0.120. The number of carbonyl (C=O) groups is 1. The van der Waals surface area contributed by atoms with Gasteiger partial charge >= 0.3 is 0 Å². The molecule has 0 aliphatic carbocycles. The van der Waals surface area contributed by atoms with Gasteiger partial charge in [0.1, 0.15) is 6.54 Å². The van der Waals surface area contributed by atoms with E-state index >= 15 is 0 Å². The number of rotatable bonds is 8. The van der Waals surface area contributed by atoms with Crippen LogP contribution < -0.4 is 9.62 Å². The molecule has 4 rings (SSSR count). The van der Waals surface area contributed by atoms with E-state index in [9.17, 15) is 13.2 Å². The molecule has 0 fully saturated rings. The smallest absolute Gasteiger partial charge is 0.264 e. The largest absolute Gasteiger partial charge is 0.344 e. The molecule has 0 spiro atoms. The van der Waals surface area contributed by atoms with Gasteiger partial charge in [-0.25, -0.2) is 8.42 Å². The quantitative estimate of drug-likeness (QED) is 0.364. The molecule has 1 N–H and O–H groups in total. The summed E-state index contributed by atoms with van der Waals surface area (Å²) in [5.41, 5.74) is 4.33. The van der Waals surface area contributed by atoms with Gasteiger partial charge in [-0.1, -0.05) is 96.1 Å². The lowest BCUT2D eigenvalue weighted by Gasteiger charge is -2.26. The monoisotopic (exact) mass is 484 g/mol. The first-order valence-corrected chi connectivity index (χ1v) is 12.8. The number of amides is 1. The van der Waals surface area contributed by atoms with Crippen LogP contribution in [0.25, 0.3) is 0 Å². The molecule has 0 aliphatic rings. The summed E-state index contributed by atoms with van der Waals surface area (Å²) in [5.74, 6) is -0.404. The summed E-state index contributed by atoms with van der Waals surface area (Å²) in [4.78, 5) is 13.5. The highest BCUT2D eigenvalue weighted by atomic mass is 32.2. The van der Waals surface area contributed by atoms with Gasteiger partial charge in [0.05, 0.1) is 16.6 Å². The normalized spacial score (nSPS) is 12.1. The van der Waals surface area contributed by atoms with E-state index in [-0.39, 0.29) is 11.4 Å². The van der Waals surface area contributed by atoms with Crippen LogP contribution >= 0.6 is 0 Å². The van der Waals surface area contributed by atoms with Gasteiger partial charge in [0, 0.05) is 0 Å². The van der Waals surface area contributed by atoms with Crippen molar-refractivity contribution in [2.24, 2.45) is 0 Å². The lowest BCUT2D eigenvalue weighted by Crippen LogP contribution is -2.42. The van der Waals surface area contributed by atoms with Crippen molar-refractivity contribution in [1.29, 1.82) is 0 Å². The summed E-state index contributed by atoms with van der Waals surface area (Å²) in [7, 11) is -3.96. The SMILES string of the molecule is Cc1ccc([C@H](NC(=O)CN(c2ccccc2)S(=O)(=O)c2ccc(C)cc2)c2ccccc2)cc1. The summed E-state index contributed by atoms with van der Waals surface area (Å²) >= 11 is 0. The van der Waals surface area contributed by atoms with Crippen LogP contribution in [0.2, 0.25) is 0 Å². The number of nitrogens with one attached hydrogen (secondary N) is 1. The maximum absolute atomic E-state index is 13.6. The van der Waals surface area contributed by atoms with Crippen LogP contribution in [0.1, 0.15) is 28.3 Å². The van der Waals surface area contributed by atoms with Crippen LogP contribution in [-0.2, 0) is 14.8 Å². The first-order valence-electron chi connectivity index (χ1n) is 11.4. The van der Waals surface area contributed by atoms with Crippen molar-refractivity contribution in [3.63, 3.8) is 0 Å². The molecule has 35 heavy (non-hydrogen) atoms. The zero-order valence-corrected chi connectivity index (χ0v) is 20.6. The second-order valence-corrected chi connectivity index (χ2v) is 10.3. The molecule has 0 heterocycles. The highest BCUT2D eigenvalue weighted by Gasteiger charge is 2.28. The first kappa shape index (κ1) is 24.2. The molecule has 4 aromatic carbocycles. The van der Waals surface area contributed by atoms with Crippen LogP contribution in [-0.4, -0.2) is 20.9 Å². The number of carbonyl (C=O) groups excluding carboxylic acids is 1. The highest BCUT2D eigenvalue weighted by molar-refractivity contribution is 7.92. The van der Waals surface area contributed by atoms with Gasteiger partial charge in [-0.15, -0.1) is 0 Å². The van der Waals surface area contributed by atoms with Crippen LogP contribution in [0.15, 0.2) is 114 Å². The molecular weight excluding hydrogens is 456 g/mol. The van der Waals surface area contributed by atoms with Crippen LogP contribution in [0.5, 0.6) is 0 Å². The van der Waals surface area contributed by atoms with E-state index in [0.717, 1.165) is 26.6 Å². The zero-order chi connectivity index (χ0) is 24.8. The number of nitrogens with zero attached hydrogens (tertiary/aromatic N) is 1. The standard InChI is InChI=1S/C29H28N2O3S/c1-22-13-17-25(18-14-22)29(24-9-5-3-6-10-24)30-28(32)21-31(26-11-7-4-8-12-26)35(33,34)27-19-15-23(2)16-20-27/h3-20,29H,21H2,1-2H3,(H,30,32)/t29-/m1/s1. The lowest BCUT2D eigenvalue weighted by atomic mass is 9.98. The average Bonchev–Trinajstić information content (AvgIpc) is 2.88. The summed E-state index contributed by atoms with van der Waals surface area (Å²) in [6, 6.07) is 32.5. The molecule has 0 aromatic heterocycles. The van der Waals surface area contributed by atoms with Gasteiger partial charge in [0.2, 0.25) is 5.91 Å². The van der Waals surface area contributed by atoms with Gasteiger partial charge < -0.3 is 5.32 Å². The van der Waals surface area contributed by atoms with E-state index in [1.54, 1.807) is 48.5 Å². The van der Waals surface area contributed by atoms with Gasteiger partial charge in [-0.3, -0.25) is 9.10 Å². The van der Waals surface area contributed by atoms with Crippen LogP contribution in [0.3, 0.4) is 0 Å². The van der Waals surface area contributed by atoms with E-state index in [1.807, 2.05) is 74.5 Å². The number of sulfonamides is 1. The minimum absolute atomic E-state index is 0.137. The summed E-state index contributed by atoms with van der Waals surface area (Å²) in [6.07, 6.45) is 0. The number of benzene rings is 4. The fourth-order valence-electron chi connectivity index (χ4n) is 3.85. The zero-order valence-electron chi connectivity index (χ0n) is 19.8. The van der Waals surface area contributed by atoms with Gasteiger partial charge in [-0.05, 0) is 49.2 Å². The van der Waals surface area contributed by atoms with Gasteiger partial charge in [-0.2, -0.15) is 0 Å². The molecule has 6 heteroatoms. The summed E-state index contributed by atoms with van der Waals surface area (Å²) < 4.78 is 28.3. The van der Waals surface area contributed by atoms with Crippen LogP contribution in [0.4, 0.5) is 5.69 Å². The topological polar surface area (TPSA) is 66.5 Å². The van der Waals surface area contributed by atoms with E-state index < -0.39 is 22.0 Å². The summed E-state index contributed by atoms with van der Waals surface area (Å²) in [6.45, 7) is 3.55. The molecule has 1 amide bonds. The van der Waals surface area contributed by atoms with Crippen molar-refractivity contribution >= 4 is 21.6 Å². The average molecular weight is 485 g/mol. The third kappa shape index (κ3) is 5.78. The number of para-hydroxylation sites is 1. The van der Waals surface area contributed by atoms with Crippen molar-refractivity contribution in [2.75, 3.05) is 10.8 Å². The minimum Gasteiger partial charge on any atom is -0.344 e. The second kappa shape index (κ2) is 10.6. The molecule has 0 saturated carbocycles.